The van der Waals surface area contributed by atoms with Crippen molar-refractivity contribution in [2.45, 2.75) is 13.5 Å². The van der Waals surface area contributed by atoms with Crippen LogP contribution < -0.4 is 5.32 Å². The largest absolute Gasteiger partial charge is 0.461 e. The second-order valence-corrected chi connectivity index (χ2v) is 5.36. The second kappa shape index (κ2) is 7.73. The molecule has 0 bridgehead atoms. The Morgan fingerprint density at radius 2 is 1.90 bits per heavy atom. The van der Waals surface area contributed by atoms with Crippen LogP contribution >= 0.6 is 11.8 Å². The molecule has 2 rings (SSSR count). The molecule has 1 fully saturated rings. The number of carbonyl (C=O) groups excluding carboxylic acids is 2. The van der Waals surface area contributed by atoms with Gasteiger partial charge in [-0.15, -0.1) is 0 Å². The molecule has 1 saturated heterocycles. The fourth-order valence-corrected chi connectivity index (χ4v) is 2.39. The predicted molar refractivity (Wildman–Crippen MR) is 80.7 cm³/mol. The van der Waals surface area contributed by atoms with Crippen LogP contribution in [0.2, 0.25) is 0 Å². The van der Waals surface area contributed by atoms with Gasteiger partial charge in [0.2, 0.25) is 0 Å². The van der Waals surface area contributed by atoms with Gasteiger partial charge in [-0.2, -0.15) is 11.8 Å². The molecule has 1 aromatic rings. The molecular weight excluding hydrogens is 290 g/mol. The van der Waals surface area contributed by atoms with E-state index < -0.39 is 12.1 Å². The molecule has 6 heteroatoms. The normalized spacial score (nSPS) is 13.1. The molecule has 1 heterocycles. The molecule has 0 atom stereocenters. The third kappa shape index (κ3) is 4.53. The molecule has 1 N–H and O–H groups in total. The van der Waals surface area contributed by atoms with Crippen LogP contribution in [0.25, 0.3) is 0 Å². The number of esters is 1. The first-order chi connectivity index (χ1) is 10.2. The van der Waals surface area contributed by atoms with Gasteiger partial charge in [0.1, 0.15) is 12.3 Å². The van der Waals surface area contributed by atoms with Crippen molar-refractivity contribution in [3.8, 4) is 0 Å². The van der Waals surface area contributed by atoms with Gasteiger partial charge >= 0.3 is 12.1 Å². The number of hydrogen-bond donors (Lipinski definition) is 1. The van der Waals surface area contributed by atoms with Gasteiger partial charge in [-0.05, 0) is 18.1 Å². The van der Waals surface area contributed by atoms with Crippen LogP contribution in [-0.2, 0) is 20.9 Å². The van der Waals surface area contributed by atoms with E-state index in [2.05, 4.69) is 5.32 Å². The Labute approximate surface area is 127 Å². The van der Waals surface area contributed by atoms with Crippen LogP contribution in [0.1, 0.15) is 12.5 Å². The summed E-state index contributed by atoms with van der Waals surface area (Å²) in [6.45, 7) is 2.15. The highest BCUT2D eigenvalue weighted by Gasteiger charge is 2.24. The van der Waals surface area contributed by atoms with E-state index in [0.717, 1.165) is 22.6 Å². The Bertz CT molecular complexity index is 536. The molecule has 1 aromatic carbocycles. The summed E-state index contributed by atoms with van der Waals surface area (Å²) >= 11 is 1.69. The molecule has 0 aromatic heterocycles. The molecule has 0 saturated carbocycles. The van der Waals surface area contributed by atoms with E-state index in [1.54, 1.807) is 18.7 Å². The van der Waals surface area contributed by atoms with Crippen LogP contribution in [-0.4, -0.2) is 30.2 Å². The number of hydrogen-bond acceptors (Lipinski definition) is 5. The van der Waals surface area contributed by atoms with Crippen molar-refractivity contribution in [3.63, 3.8) is 0 Å². The predicted octanol–water partition coefficient (Wildman–Crippen LogP) is 2.48. The van der Waals surface area contributed by atoms with Gasteiger partial charge in [-0.25, -0.2) is 9.59 Å². The summed E-state index contributed by atoms with van der Waals surface area (Å²) in [4.78, 5) is 23.6. The minimum Gasteiger partial charge on any atom is -0.461 e. The average Bonchev–Trinajstić information content (AvgIpc) is 2.44. The number of nitrogens with one attached hydrogen (secondary N) is 1. The summed E-state index contributed by atoms with van der Waals surface area (Å²) in [5, 5.41) is 2.50. The number of carbonyl (C=O) groups is 2. The molecule has 0 aliphatic carbocycles. The third-order valence-electron chi connectivity index (χ3n) is 2.83. The Balaban J connectivity index is 1.91. The minimum absolute atomic E-state index is 0.160. The lowest BCUT2D eigenvalue weighted by Crippen LogP contribution is -2.32. The monoisotopic (exact) mass is 307 g/mol. The molecular formula is C15H17NO4S. The quantitative estimate of drug-likeness (QED) is 0.669. The van der Waals surface area contributed by atoms with Gasteiger partial charge in [0.25, 0.3) is 0 Å². The van der Waals surface area contributed by atoms with Crippen molar-refractivity contribution >= 4 is 23.8 Å². The molecule has 0 radical (unpaired) electrons. The Morgan fingerprint density at radius 1 is 1.19 bits per heavy atom. The standard InChI is InChI=1S/C15H17NO4S/c1-2-19-14(17)13(12-9-21-10-12)16-15(18)20-8-11-6-4-3-5-7-11/h3-7H,2,8-10H2,1H3,(H,16,18). The molecule has 5 nitrogen and oxygen atoms in total. The van der Waals surface area contributed by atoms with Crippen molar-refractivity contribution < 1.29 is 19.1 Å². The number of amides is 1. The Hall–Kier alpha value is -1.95. The summed E-state index contributed by atoms with van der Waals surface area (Å²) in [5.41, 5.74) is 1.99. The van der Waals surface area contributed by atoms with Gasteiger partial charge in [-0.3, -0.25) is 5.32 Å². The van der Waals surface area contributed by atoms with Crippen LogP contribution in [0.5, 0.6) is 0 Å². The maximum Gasteiger partial charge on any atom is 0.412 e. The Kier molecular flexibility index (Phi) is 5.68. The van der Waals surface area contributed by atoms with Crippen LogP contribution in [0.3, 0.4) is 0 Å². The van der Waals surface area contributed by atoms with Crippen molar-refractivity contribution in [2.75, 3.05) is 18.1 Å². The van der Waals surface area contributed by atoms with E-state index >= 15 is 0 Å². The first-order valence-electron chi connectivity index (χ1n) is 6.65. The van der Waals surface area contributed by atoms with Gasteiger partial charge in [0.15, 0.2) is 0 Å². The minimum atomic E-state index is -0.647. The van der Waals surface area contributed by atoms with Crippen molar-refractivity contribution in [2.24, 2.45) is 0 Å². The summed E-state index contributed by atoms with van der Waals surface area (Å²) in [6.07, 6.45) is -0.647. The van der Waals surface area contributed by atoms with Gasteiger partial charge in [0.05, 0.1) is 6.61 Å². The maximum absolute atomic E-state index is 11.8. The molecule has 112 valence electrons. The van der Waals surface area contributed by atoms with Gasteiger partial charge in [0, 0.05) is 11.5 Å². The number of rotatable bonds is 5. The maximum atomic E-state index is 11.8. The van der Waals surface area contributed by atoms with E-state index in [1.165, 1.54) is 0 Å². The zero-order valence-electron chi connectivity index (χ0n) is 11.8. The van der Waals surface area contributed by atoms with E-state index in [9.17, 15) is 9.59 Å². The summed E-state index contributed by atoms with van der Waals surface area (Å²) in [6, 6.07) is 9.35. The van der Waals surface area contributed by atoms with Crippen molar-refractivity contribution in [1.82, 2.24) is 5.32 Å². The number of ether oxygens (including phenoxy) is 2. The fraction of sp³-hybridized carbons (Fsp3) is 0.333. The van der Waals surface area contributed by atoms with E-state index in [1.807, 2.05) is 30.3 Å². The van der Waals surface area contributed by atoms with Gasteiger partial charge < -0.3 is 9.47 Å². The highest BCUT2D eigenvalue weighted by atomic mass is 32.2. The molecule has 21 heavy (non-hydrogen) atoms. The van der Waals surface area contributed by atoms with Crippen molar-refractivity contribution in [1.29, 1.82) is 0 Å². The molecule has 0 spiro atoms. The Morgan fingerprint density at radius 3 is 2.48 bits per heavy atom. The fourth-order valence-electron chi connectivity index (χ4n) is 1.70. The average molecular weight is 307 g/mol. The zero-order valence-corrected chi connectivity index (χ0v) is 12.6. The van der Waals surface area contributed by atoms with Crippen molar-refractivity contribution in [3.05, 3.63) is 47.2 Å². The lowest BCUT2D eigenvalue weighted by Gasteiger charge is -2.20. The van der Waals surface area contributed by atoms with Crippen LogP contribution in [0, 0.1) is 0 Å². The lowest BCUT2D eigenvalue weighted by atomic mass is 10.2. The SMILES string of the molecule is CCOC(=O)C(NC(=O)OCc1ccccc1)=C1CSC1. The molecule has 0 unspecified atom stereocenters. The van der Waals surface area contributed by atoms with Crippen LogP contribution in [0.15, 0.2) is 41.6 Å². The second-order valence-electron chi connectivity index (χ2n) is 4.38. The lowest BCUT2D eigenvalue weighted by molar-refractivity contribution is -0.139. The number of alkyl carbamates (subject to hydrolysis) is 1. The highest BCUT2D eigenvalue weighted by molar-refractivity contribution is 8.01. The highest BCUT2D eigenvalue weighted by Crippen LogP contribution is 2.26. The number of thioether (sulfide) groups is 1. The molecule has 1 aliphatic rings. The summed E-state index contributed by atoms with van der Waals surface area (Å²) < 4.78 is 10.1. The van der Waals surface area contributed by atoms with Gasteiger partial charge in [-0.1, -0.05) is 30.3 Å². The summed E-state index contributed by atoms with van der Waals surface area (Å²) in [7, 11) is 0. The summed E-state index contributed by atoms with van der Waals surface area (Å²) in [5.74, 6) is 0.949. The zero-order chi connectivity index (χ0) is 15.1. The third-order valence-corrected chi connectivity index (χ3v) is 3.93. The topological polar surface area (TPSA) is 64.6 Å². The smallest absolute Gasteiger partial charge is 0.412 e. The first kappa shape index (κ1) is 15.4. The van der Waals surface area contributed by atoms with E-state index in [0.29, 0.717) is 0 Å². The first-order valence-corrected chi connectivity index (χ1v) is 7.80. The van der Waals surface area contributed by atoms with E-state index in [4.69, 9.17) is 9.47 Å². The molecule has 1 amide bonds. The molecule has 1 aliphatic heterocycles. The number of benzene rings is 1. The van der Waals surface area contributed by atoms with E-state index in [-0.39, 0.29) is 18.9 Å². The van der Waals surface area contributed by atoms with Crippen LogP contribution in [0.4, 0.5) is 4.79 Å².